The summed E-state index contributed by atoms with van der Waals surface area (Å²) in [7, 11) is 4.00. The lowest BCUT2D eigenvalue weighted by atomic mass is 9.97. The summed E-state index contributed by atoms with van der Waals surface area (Å²) in [6, 6.07) is 7.90. The van der Waals surface area contributed by atoms with E-state index in [1.807, 2.05) is 43.3 Å². The van der Waals surface area contributed by atoms with Crippen molar-refractivity contribution in [2.24, 2.45) is 11.8 Å². The number of anilines is 2. The number of nitrogens with one attached hydrogen (secondary N) is 2. The van der Waals surface area contributed by atoms with E-state index in [2.05, 4.69) is 17.6 Å². The van der Waals surface area contributed by atoms with Gasteiger partial charge in [-0.15, -0.1) is 0 Å². The Morgan fingerprint density at radius 2 is 1.94 bits per heavy atom. The summed E-state index contributed by atoms with van der Waals surface area (Å²) in [5.41, 5.74) is 1.99. The molecule has 1 fully saturated rings. The van der Waals surface area contributed by atoms with Crippen molar-refractivity contribution in [1.29, 1.82) is 0 Å². The van der Waals surface area contributed by atoms with Crippen LogP contribution in [0.5, 0.6) is 0 Å². The van der Waals surface area contributed by atoms with E-state index < -0.39 is 0 Å². The smallest absolute Gasteiger partial charge is 0.229 e. The number of carbonyl (C=O) groups is 1. The fourth-order valence-electron chi connectivity index (χ4n) is 2.24. The second-order valence-corrected chi connectivity index (χ2v) is 5.17. The van der Waals surface area contributed by atoms with E-state index in [4.69, 9.17) is 0 Å². The maximum absolute atomic E-state index is 12.1. The van der Waals surface area contributed by atoms with E-state index in [-0.39, 0.29) is 11.8 Å². The fraction of sp³-hybridized carbons (Fsp3) is 0.500. The maximum atomic E-state index is 12.1. The second-order valence-electron chi connectivity index (χ2n) is 5.17. The van der Waals surface area contributed by atoms with Gasteiger partial charge in [-0.05, 0) is 36.7 Å². The molecule has 0 spiro atoms. The highest BCUT2D eigenvalue weighted by Crippen LogP contribution is 2.20. The summed E-state index contributed by atoms with van der Waals surface area (Å²) in [6.45, 7) is 3.82. The summed E-state index contributed by atoms with van der Waals surface area (Å²) in [6.07, 6.45) is 0. The highest BCUT2D eigenvalue weighted by molar-refractivity contribution is 5.93. The molecule has 1 heterocycles. The van der Waals surface area contributed by atoms with Crippen LogP contribution in [0, 0.1) is 11.8 Å². The second kappa shape index (κ2) is 5.40. The Labute approximate surface area is 108 Å². The predicted octanol–water partition coefficient (Wildman–Crippen LogP) is 1.55. The molecule has 1 amide bonds. The van der Waals surface area contributed by atoms with E-state index >= 15 is 0 Å². The van der Waals surface area contributed by atoms with Crippen LogP contribution in [0.25, 0.3) is 0 Å². The zero-order valence-electron chi connectivity index (χ0n) is 11.2. The SMILES string of the molecule is CC1CNCC1C(=O)Nc1ccc(N(C)C)cc1. The van der Waals surface area contributed by atoms with Crippen molar-refractivity contribution in [2.45, 2.75) is 6.92 Å². The van der Waals surface area contributed by atoms with Crippen LogP contribution in [0.3, 0.4) is 0 Å². The van der Waals surface area contributed by atoms with Gasteiger partial charge in [0.25, 0.3) is 0 Å². The van der Waals surface area contributed by atoms with Gasteiger partial charge in [-0.25, -0.2) is 0 Å². The highest BCUT2D eigenvalue weighted by Gasteiger charge is 2.29. The van der Waals surface area contributed by atoms with Crippen molar-refractivity contribution in [3.8, 4) is 0 Å². The van der Waals surface area contributed by atoms with Crippen LogP contribution in [-0.4, -0.2) is 33.1 Å². The molecule has 1 saturated heterocycles. The van der Waals surface area contributed by atoms with E-state index in [0.29, 0.717) is 5.92 Å². The zero-order valence-corrected chi connectivity index (χ0v) is 11.2. The molecule has 1 aliphatic heterocycles. The van der Waals surface area contributed by atoms with E-state index in [1.165, 1.54) is 0 Å². The van der Waals surface area contributed by atoms with Gasteiger partial charge in [-0.3, -0.25) is 4.79 Å². The van der Waals surface area contributed by atoms with Gasteiger partial charge >= 0.3 is 0 Å². The number of amides is 1. The third-order valence-corrected chi connectivity index (χ3v) is 3.51. The molecule has 0 aliphatic carbocycles. The molecule has 0 aromatic heterocycles. The van der Waals surface area contributed by atoms with Crippen LogP contribution in [0.2, 0.25) is 0 Å². The number of benzene rings is 1. The Hall–Kier alpha value is -1.55. The van der Waals surface area contributed by atoms with E-state index in [1.54, 1.807) is 0 Å². The van der Waals surface area contributed by atoms with Crippen molar-refractivity contribution < 1.29 is 4.79 Å². The third-order valence-electron chi connectivity index (χ3n) is 3.51. The topological polar surface area (TPSA) is 44.4 Å². The van der Waals surface area contributed by atoms with E-state index in [9.17, 15) is 4.79 Å². The fourth-order valence-corrected chi connectivity index (χ4v) is 2.24. The molecule has 0 saturated carbocycles. The molecule has 98 valence electrons. The summed E-state index contributed by atoms with van der Waals surface area (Å²) >= 11 is 0. The monoisotopic (exact) mass is 247 g/mol. The van der Waals surface area contributed by atoms with Gasteiger partial charge < -0.3 is 15.5 Å². The summed E-state index contributed by atoms with van der Waals surface area (Å²) in [4.78, 5) is 14.1. The lowest BCUT2D eigenvalue weighted by molar-refractivity contribution is -0.120. The quantitative estimate of drug-likeness (QED) is 0.851. The van der Waals surface area contributed by atoms with Crippen LogP contribution in [-0.2, 0) is 4.79 Å². The van der Waals surface area contributed by atoms with Crippen LogP contribution in [0.4, 0.5) is 11.4 Å². The van der Waals surface area contributed by atoms with Crippen LogP contribution in [0.1, 0.15) is 6.92 Å². The van der Waals surface area contributed by atoms with Crippen LogP contribution < -0.4 is 15.5 Å². The van der Waals surface area contributed by atoms with Gasteiger partial charge in [0.15, 0.2) is 0 Å². The molecule has 2 rings (SSSR count). The zero-order chi connectivity index (χ0) is 13.1. The Morgan fingerprint density at radius 3 is 2.44 bits per heavy atom. The van der Waals surface area contributed by atoms with Crippen molar-refractivity contribution in [1.82, 2.24) is 5.32 Å². The maximum Gasteiger partial charge on any atom is 0.229 e. The molecular weight excluding hydrogens is 226 g/mol. The normalized spacial score (nSPS) is 22.8. The molecule has 1 aromatic rings. The summed E-state index contributed by atoms with van der Waals surface area (Å²) < 4.78 is 0. The number of carbonyl (C=O) groups excluding carboxylic acids is 1. The first-order valence-corrected chi connectivity index (χ1v) is 6.37. The van der Waals surface area contributed by atoms with Crippen molar-refractivity contribution in [3.05, 3.63) is 24.3 Å². The van der Waals surface area contributed by atoms with Crippen molar-refractivity contribution in [2.75, 3.05) is 37.4 Å². The minimum absolute atomic E-state index is 0.0820. The lowest BCUT2D eigenvalue weighted by Gasteiger charge is -2.16. The van der Waals surface area contributed by atoms with Crippen molar-refractivity contribution >= 4 is 17.3 Å². The molecule has 4 heteroatoms. The molecule has 2 N–H and O–H groups in total. The standard InChI is InChI=1S/C14H21N3O/c1-10-8-15-9-13(10)14(18)16-11-4-6-12(7-5-11)17(2)3/h4-7,10,13,15H,8-9H2,1-3H3,(H,16,18). The molecule has 4 nitrogen and oxygen atoms in total. The molecule has 0 bridgehead atoms. The Bertz CT molecular complexity index is 414. The lowest BCUT2D eigenvalue weighted by Crippen LogP contribution is -2.27. The third kappa shape index (κ3) is 2.82. The Kier molecular flexibility index (Phi) is 3.87. The Morgan fingerprint density at radius 1 is 1.28 bits per heavy atom. The minimum atomic E-state index is 0.0820. The van der Waals surface area contributed by atoms with Crippen LogP contribution in [0.15, 0.2) is 24.3 Å². The molecule has 1 aromatic carbocycles. The van der Waals surface area contributed by atoms with Gasteiger partial charge in [0.1, 0.15) is 0 Å². The molecule has 2 unspecified atom stereocenters. The number of hydrogen-bond acceptors (Lipinski definition) is 3. The first-order valence-electron chi connectivity index (χ1n) is 6.37. The van der Waals surface area contributed by atoms with Gasteiger partial charge in [0.2, 0.25) is 5.91 Å². The van der Waals surface area contributed by atoms with Gasteiger partial charge in [-0.2, -0.15) is 0 Å². The van der Waals surface area contributed by atoms with Gasteiger partial charge in [0.05, 0.1) is 5.92 Å². The first-order chi connectivity index (χ1) is 8.58. The minimum Gasteiger partial charge on any atom is -0.378 e. The average molecular weight is 247 g/mol. The summed E-state index contributed by atoms with van der Waals surface area (Å²) in [5, 5.41) is 6.23. The first kappa shape index (κ1) is 12.9. The Balaban J connectivity index is 1.98. The van der Waals surface area contributed by atoms with E-state index in [0.717, 1.165) is 24.5 Å². The number of nitrogens with zero attached hydrogens (tertiary/aromatic N) is 1. The average Bonchev–Trinajstić information content (AvgIpc) is 2.76. The molecule has 18 heavy (non-hydrogen) atoms. The largest absolute Gasteiger partial charge is 0.378 e. The van der Waals surface area contributed by atoms with Gasteiger partial charge in [-0.1, -0.05) is 6.92 Å². The predicted molar refractivity (Wildman–Crippen MR) is 74.9 cm³/mol. The molecular formula is C14H21N3O. The summed E-state index contributed by atoms with van der Waals surface area (Å²) in [5.74, 6) is 0.606. The number of rotatable bonds is 3. The molecule has 0 radical (unpaired) electrons. The van der Waals surface area contributed by atoms with Crippen LogP contribution >= 0.6 is 0 Å². The number of hydrogen-bond donors (Lipinski definition) is 2. The highest BCUT2D eigenvalue weighted by atomic mass is 16.1. The van der Waals surface area contributed by atoms with Gasteiger partial charge in [0, 0.05) is 32.0 Å². The molecule has 2 atom stereocenters. The molecule has 1 aliphatic rings. The van der Waals surface area contributed by atoms with Crippen molar-refractivity contribution in [3.63, 3.8) is 0 Å².